The first-order valence-electron chi connectivity index (χ1n) is 10.9. The molecule has 0 heterocycles. The maximum Gasteiger partial charge on any atom is 0.159 e. The zero-order valence-electron chi connectivity index (χ0n) is 20.1. The third-order valence-corrected chi connectivity index (χ3v) is 4.64. The van der Waals surface area contributed by atoms with Crippen molar-refractivity contribution in [3.8, 4) is 0 Å². The minimum Gasteiger partial charge on any atom is -0.344 e. The lowest BCUT2D eigenvalue weighted by molar-refractivity contribution is 0.101. The molecule has 178 valence electrons. The molecule has 2 aromatic carbocycles. The first-order chi connectivity index (χ1) is 16.2. The molecule has 0 saturated heterocycles. The van der Waals surface area contributed by atoms with Gasteiger partial charge < -0.3 is 5.32 Å². The van der Waals surface area contributed by atoms with Crippen molar-refractivity contribution in [2.24, 2.45) is 4.99 Å². The molecule has 0 fully saturated rings. The number of halogens is 2. The SMILES string of the molecule is C=C(F)/C=C\C(=C)CCC.C=C/C=C(\N=C(C)Nc1ccc(C(C)=O)cc1)c1ccc(Cl)cc1. The van der Waals surface area contributed by atoms with E-state index in [0.717, 1.165) is 41.2 Å². The van der Waals surface area contributed by atoms with E-state index in [1.807, 2.05) is 49.4 Å². The molecule has 2 aromatic rings. The van der Waals surface area contributed by atoms with E-state index in [0.29, 0.717) is 10.6 Å². The molecule has 0 saturated carbocycles. The molecule has 0 unspecified atom stereocenters. The van der Waals surface area contributed by atoms with E-state index in [9.17, 15) is 9.18 Å². The average molecular weight is 479 g/mol. The number of carbonyl (C=O) groups is 1. The number of benzene rings is 2. The lowest BCUT2D eigenvalue weighted by atomic mass is 10.1. The van der Waals surface area contributed by atoms with E-state index >= 15 is 0 Å². The number of Topliss-reactive ketones (excluding diaryl/α,β-unsaturated/α-hetero) is 1. The van der Waals surface area contributed by atoms with Gasteiger partial charge in [-0.3, -0.25) is 4.79 Å². The van der Waals surface area contributed by atoms with Gasteiger partial charge in [-0.05, 0) is 68.8 Å². The Labute approximate surface area is 207 Å². The minimum atomic E-state index is -0.419. The second-order valence-electron chi connectivity index (χ2n) is 7.44. The monoisotopic (exact) mass is 478 g/mol. The maximum atomic E-state index is 12.0. The summed E-state index contributed by atoms with van der Waals surface area (Å²) in [6, 6.07) is 14.8. The Kier molecular flexibility index (Phi) is 12.9. The highest BCUT2D eigenvalue weighted by Gasteiger charge is 2.03. The van der Waals surface area contributed by atoms with Crippen LogP contribution >= 0.6 is 11.6 Å². The van der Waals surface area contributed by atoms with Gasteiger partial charge in [0.15, 0.2) is 5.78 Å². The molecule has 2 rings (SSSR count). The van der Waals surface area contributed by atoms with Crippen LogP contribution in [0.3, 0.4) is 0 Å². The number of aliphatic imine (C=N–C) groups is 1. The zero-order chi connectivity index (χ0) is 25.5. The molecule has 0 atom stereocenters. The van der Waals surface area contributed by atoms with Crippen LogP contribution in [0.15, 0.2) is 109 Å². The van der Waals surface area contributed by atoms with E-state index in [-0.39, 0.29) is 5.78 Å². The zero-order valence-corrected chi connectivity index (χ0v) is 20.8. The molecule has 34 heavy (non-hydrogen) atoms. The summed E-state index contributed by atoms with van der Waals surface area (Å²) >= 11 is 5.93. The van der Waals surface area contributed by atoms with Gasteiger partial charge in [-0.1, -0.05) is 74.5 Å². The summed E-state index contributed by atoms with van der Waals surface area (Å²) in [5.74, 6) is 0.358. The van der Waals surface area contributed by atoms with Gasteiger partial charge in [0.05, 0.1) is 5.70 Å². The summed E-state index contributed by atoms with van der Waals surface area (Å²) in [4.78, 5) is 15.9. The van der Waals surface area contributed by atoms with Crippen molar-refractivity contribution >= 4 is 34.6 Å². The summed E-state index contributed by atoms with van der Waals surface area (Å²) in [6.07, 6.45) is 8.49. The third-order valence-electron chi connectivity index (χ3n) is 4.39. The molecule has 0 amide bonds. The second-order valence-corrected chi connectivity index (χ2v) is 7.88. The Morgan fingerprint density at radius 3 is 2.12 bits per heavy atom. The van der Waals surface area contributed by atoms with Crippen molar-refractivity contribution in [2.45, 2.75) is 33.6 Å². The topological polar surface area (TPSA) is 41.5 Å². The van der Waals surface area contributed by atoms with Gasteiger partial charge >= 0.3 is 0 Å². The predicted octanol–water partition coefficient (Wildman–Crippen LogP) is 8.98. The fourth-order valence-corrected chi connectivity index (χ4v) is 2.87. The third kappa shape index (κ3) is 11.4. The van der Waals surface area contributed by atoms with Crippen LogP contribution in [0.1, 0.15) is 49.5 Å². The number of nitrogens with one attached hydrogen (secondary N) is 1. The number of amidine groups is 1. The highest BCUT2D eigenvalue weighted by Crippen LogP contribution is 2.20. The van der Waals surface area contributed by atoms with Crippen LogP contribution in [0.5, 0.6) is 0 Å². The van der Waals surface area contributed by atoms with Crippen molar-refractivity contribution in [3.63, 3.8) is 0 Å². The summed E-state index contributed by atoms with van der Waals surface area (Å²) < 4.78 is 12.0. The Bertz CT molecular complexity index is 1080. The molecular formula is C29H32ClFN2O. The number of carbonyl (C=O) groups excluding carboxylic acids is 1. The lowest BCUT2D eigenvalue weighted by Crippen LogP contribution is -2.07. The highest BCUT2D eigenvalue weighted by molar-refractivity contribution is 6.30. The summed E-state index contributed by atoms with van der Waals surface area (Å²) in [5, 5.41) is 3.90. The van der Waals surface area contributed by atoms with Gasteiger partial charge in [-0.25, -0.2) is 9.38 Å². The minimum absolute atomic E-state index is 0.0471. The molecule has 1 N–H and O–H groups in total. The van der Waals surface area contributed by atoms with Gasteiger partial charge in [0, 0.05) is 21.8 Å². The lowest BCUT2D eigenvalue weighted by Gasteiger charge is -2.08. The Balaban J connectivity index is 0.000000489. The van der Waals surface area contributed by atoms with Crippen LogP contribution in [0.4, 0.5) is 10.1 Å². The Morgan fingerprint density at radius 2 is 1.62 bits per heavy atom. The van der Waals surface area contributed by atoms with E-state index in [4.69, 9.17) is 11.6 Å². The van der Waals surface area contributed by atoms with Crippen molar-refractivity contribution in [1.29, 1.82) is 0 Å². The number of allylic oxidation sites excluding steroid dienone is 6. The number of ketones is 1. The Hall–Kier alpha value is -3.50. The van der Waals surface area contributed by atoms with Gasteiger partial charge in [-0.15, -0.1) is 0 Å². The molecule has 0 spiro atoms. The molecule has 0 aliphatic carbocycles. The van der Waals surface area contributed by atoms with Gasteiger partial charge in [0.1, 0.15) is 11.7 Å². The van der Waals surface area contributed by atoms with E-state index in [1.165, 1.54) is 6.08 Å². The number of hydrogen-bond acceptors (Lipinski definition) is 2. The molecule has 0 aliphatic rings. The normalized spacial score (nSPS) is 11.4. The number of nitrogens with zero attached hydrogens (tertiary/aromatic N) is 1. The van der Waals surface area contributed by atoms with E-state index in [1.54, 1.807) is 31.2 Å². The maximum absolute atomic E-state index is 12.0. The average Bonchev–Trinajstić information content (AvgIpc) is 2.79. The van der Waals surface area contributed by atoms with Crippen LogP contribution in [-0.2, 0) is 0 Å². The molecular weight excluding hydrogens is 447 g/mol. The number of anilines is 1. The Morgan fingerprint density at radius 1 is 1.03 bits per heavy atom. The standard InChI is InChI=1S/C20H19ClN2O.C9H13F/c1-4-5-20(17-6-10-18(21)11-7-17)23-15(3)22-19-12-8-16(9-13-19)14(2)24;1-4-5-8(2)6-7-9(3)10/h4-13H,1H2,2-3H3,(H,22,23);6-7H,2-5H2,1H3/b20-5-;7-6-. The van der Waals surface area contributed by atoms with Crippen molar-refractivity contribution < 1.29 is 9.18 Å². The molecule has 0 aromatic heterocycles. The first-order valence-corrected chi connectivity index (χ1v) is 11.3. The quantitative estimate of drug-likeness (QED) is 0.169. The largest absolute Gasteiger partial charge is 0.344 e. The van der Waals surface area contributed by atoms with Gasteiger partial charge in [0.25, 0.3) is 0 Å². The van der Waals surface area contributed by atoms with E-state index in [2.05, 4.69) is 37.0 Å². The van der Waals surface area contributed by atoms with Crippen LogP contribution in [0.2, 0.25) is 5.02 Å². The van der Waals surface area contributed by atoms with Gasteiger partial charge in [-0.2, -0.15) is 0 Å². The fourth-order valence-electron chi connectivity index (χ4n) is 2.75. The predicted molar refractivity (Wildman–Crippen MR) is 146 cm³/mol. The van der Waals surface area contributed by atoms with Crippen LogP contribution in [-0.4, -0.2) is 11.6 Å². The van der Waals surface area contributed by atoms with Crippen LogP contribution < -0.4 is 5.32 Å². The molecule has 0 aliphatic heterocycles. The highest BCUT2D eigenvalue weighted by atomic mass is 35.5. The summed E-state index contributed by atoms with van der Waals surface area (Å²) in [7, 11) is 0. The first kappa shape index (κ1) is 28.5. The van der Waals surface area contributed by atoms with Crippen molar-refractivity contribution in [2.75, 3.05) is 5.32 Å². The van der Waals surface area contributed by atoms with E-state index < -0.39 is 5.83 Å². The smallest absolute Gasteiger partial charge is 0.159 e. The van der Waals surface area contributed by atoms with Crippen LogP contribution in [0, 0.1) is 0 Å². The van der Waals surface area contributed by atoms with Crippen molar-refractivity contribution in [1.82, 2.24) is 0 Å². The number of hydrogen-bond donors (Lipinski definition) is 1. The fraction of sp³-hybridized carbons (Fsp3) is 0.172. The summed E-state index contributed by atoms with van der Waals surface area (Å²) in [5.41, 5.74) is 4.24. The molecule has 0 bridgehead atoms. The number of rotatable bonds is 9. The molecule has 0 radical (unpaired) electrons. The second kappa shape index (κ2) is 15.4. The molecule has 3 nitrogen and oxygen atoms in total. The van der Waals surface area contributed by atoms with Gasteiger partial charge in [0.2, 0.25) is 0 Å². The summed E-state index contributed by atoms with van der Waals surface area (Å²) in [6.45, 7) is 16.0. The van der Waals surface area contributed by atoms with Crippen molar-refractivity contribution in [3.05, 3.63) is 120 Å². The van der Waals surface area contributed by atoms with Crippen LogP contribution in [0.25, 0.3) is 5.70 Å². The molecule has 5 heteroatoms.